The van der Waals surface area contributed by atoms with Crippen LogP contribution in [0.1, 0.15) is 18.4 Å². The van der Waals surface area contributed by atoms with E-state index in [0.29, 0.717) is 40.6 Å². The Kier molecular flexibility index (Phi) is 3.27. The maximum atomic E-state index is 6.16. The molecule has 3 aromatic heterocycles. The first kappa shape index (κ1) is 15.6. The van der Waals surface area contributed by atoms with Gasteiger partial charge in [0.2, 0.25) is 5.95 Å². The molecule has 8 heteroatoms. The number of pyridine rings is 2. The van der Waals surface area contributed by atoms with Crippen LogP contribution in [-0.4, -0.2) is 26.5 Å². The summed E-state index contributed by atoms with van der Waals surface area (Å²) in [5.41, 5.74) is 14.9. The van der Waals surface area contributed by atoms with Crippen molar-refractivity contribution in [3.05, 3.63) is 42.2 Å². The second kappa shape index (κ2) is 5.66. The van der Waals surface area contributed by atoms with Gasteiger partial charge >= 0.3 is 0 Å². The molecule has 134 valence electrons. The second-order valence-electron chi connectivity index (χ2n) is 6.51. The number of nitrogens with two attached hydrogens (primary N) is 2. The topological polar surface area (TPSA) is 122 Å². The van der Waals surface area contributed by atoms with Crippen LogP contribution in [-0.2, 0) is 0 Å². The predicted octanol–water partition coefficient (Wildman–Crippen LogP) is 3.03. The van der Waals surface area contributed by atoms with E-state index in [0.717, 1.165) is 16.6 Å². The number of fused-ring (bicyclic) bond motifs is 4. The Morgan fingerprint density at radius 1 is 1.11 bits per heavy atom. The van der Waals surface area contributed by atoms with Gasteiger partial charge in [-0.1, -0.05) is 6.92 Å². The zero-order chi connectivity index (χ0) is 18.5. The van der Waals surface area contributed by atoms with Crippen LogP contribution in [0.4, 0.5) is 11.8 Å². The van der Waals surface area contributed by atoms with Crippen molar-refractivity contribution in [1.29, 1.82) is 0 Å². The highest BCUT2D eigenvalue weighted by Crippen LogP contribution is 2.47. The fourth-order valence-electron chi connectivity index (χ4n) is 3.41. The van der Waals surface area contributed by atoms with Crippen molar-refractivity contribution in [2.75, 3.05) is 18.1 Å². The van der Waals surface area contributed by atoms with Crippen molar-refractivity contribution in [3.63, 3.8) is 0 Å². The van der Waals surface area contributed by atoms with Gasteiger partial charge in [-0.25, -0.2) is 4.98 Å². The molecule has 0 radical (unpaired) electrons. The van der Waals surface area contributed by atoms with Crippen LogP contribution in [0.25, 0.3) is 21.9 Å². The minimum absolute atomic E-state index is 0.105. The number of rotatable bonds is 2. The number of benzene rings is 1. The molecule has 27 heavy (non-hydrogen) atoms. The highest BCUT2D eigenvalue weighted by Gasteiger charge is 2.29. The van der Waals surface area contributed by atoms with E-state index in [1.54, 1.807) is 12.4 Å². The van der Waals surface area contributed by atoms with Crippen molar-refractivity contribution < 1.29 is 9.47 Å². The number of hydrogen-bond donors (Lipinski definition) is 2. The van der Waals surface area contributed by atoms with Gasteiger partial charge in [-0.15, -0.1) is 0 Å². The van der Waals surface area contributed by atoms with E-state index in [4.69, 9.17) is 20.9 Å². The van der Waals surface area contributed by atoms with Gasteiger partial charge in [-0.2, -0.15) is 4.98 Å². The molecule has 8 nitrogen and oxygen atoms in total. The number of nitrogens with zero attached hydrogens (tertiary/aromatic N) is 4. The van der Waals surface area contributed by atoms with Crippen molar-refractivity contribution in [1.82, 2.24) is 19.9 Å². The molecule has 1 atom stereocenters. The molecule has 1 aliphatic rings. The molecule has 4 heterocycles. The summed E-state index contributed by atoms with van der Waals surface area (Å²) in [7, 11) is 0. The maximum Gasteiger partial charge on any atom is 0.222 e. The van der Waals surface area contributed by atoms with Gasteiger partial charge in [-0.3, -0.25) is 9.97 Å². The number of ether oxygens (including phenoxy) is 2. The summed E-state index contributed by atoms with van der Waals surface area (Å²) in [6, 6.07) is 7.41. The number of anilines is 2. The lowest BCUT2D eigenvalue weighted by atomic mass is 9.99. The summed E-state index contributed by atoms with van der Waals surface area (Å²) in [4.78, 5) is 17.1. The average Bonchev–Trinajstić information content (AvgIpc) is 3.03. The van der Waals surface area contributed by atoms with Crippen LogP contribution in [0.15, 0.2) is 36.7 Å². The van der Waals surface area contributed by atoms with Gasteiger partial charge in [0.25, 0.3) is 0 Å². The highest BCUT2D eigenvalue weighted by molar-refractivity contribution is 5.97. The average molecular weight is 360 g/mol. The summed E-state index contributed by atoms with van der Waals surface area (Å²) in [5, 5.41) is 0.661. The zero-order valence-electron chi connectivity index (χ0n) is 14.5. The highest BCUT2D eigenvalue weighted by atomic mass is 16.5. The molecule has 0 bridgehead atoms. The minimum Gasteiger partial charge on any atom is -0.492 e. The lowest BCUT2D eigenvalue weighted by molar-refractivity contribution is 0.340. The number of nitrogen functional groups attached to an aromatic ring is 2. The number of hydrogen-bond acceptors (Lipinski definition) is 8. The summed E-state index contributed by atoms with van der Waals surface area (Å²) < 4.78 is 12.0. The Morgan fingerprint density at radius 2 is 2.00 bits per heavy atom. The summed E-state index contributed by atoms with van der Waals surface area (Å²) in [6.07, 6.45) is 3.39. The van der Waals surface area contributed by atoms with Gasteiger partial charge in [0.15, 0.2) is 0 Å². The van der Waals surface area contributed by atoms with Crippen LogP contribution >= 0.6 is 0 Å². The van der Waals surface area contributed by atoms with E-state index in [1.165, 1.54) is 0 Å². The van der Waals surface area contributed by atoms with Crippen molar-refractivity contribution in [2.24, 2.45) is 0 Å². The van der Waals surface area contributed by atoms with Crippen LogP contribution < -0.4 is 20.9 Å². The molecule has 4 N–H and O–H groups in total. The van der Waals surface area contributed by atoms with E-state index in [1.807, 2.05) is 24.3 Å². The SMILES string of the molecule is CC1COc2c1c(Oc1cnc3cccnc3c1)cc1nc(N)nc(N)c21. The minimum atomic E-state index is 0.105. The maximum absolute atomic E-state index is 6.16. The number of aromatic nitrogens is 4. The fraction of sp³-hybridized carbons (Fsp3) is 0.158. The molecule has 1 aromatic carbocycles. The van der Waals surface area contributed by atoms with Gasteiger partial charge in [0.1, 0.15) is 23.1 Å². The molecular weight excluding hydrogens is 344 g/mol. The molecule has 0 amide bonds. The molecule has 1 aliphatic heterocycles. The summed E-state index contributed by atoms with van der Waals surface area (Å²) in [6.45, 7) is 2.60. The zero-order valence-corrected chi connectivity index (χ0v) is 14.5. The molecule has 4 aromatic rings. The van der Waals surface area contributed by atoms with Crippen LogP contribution in [0.2, 0.25) is 0 Å². The monoisotopic (exact) mass is 360 g/mol. The Hall–Kier alpha value is -3.68. The van der Waals surface area contributed by atoms with E-state index in [2.05, 4.69) is 26.9 Å². The molecule has 0 saturated carbocycles. The first-order chi connectivity index (χ1) is 13.1. The van der Waals surface area contributed by atoms with Crippen LogP contribution in [0, 0.1) is 0 Å². The molecule has 0 spiro atoms. The van der Waals surface area contributed by atoms with Gasteiger partial charge in [-0.05, 0) is 12.1 Å². The third-order valence-electron chi connectivity index (χ3n) is 4.61. The van der Waals surface area contributed by atoms with E-state index < -0.39 is 0 Å². The molecule has 0 aliphatic carbocycles. The molecule has 0 fully saturated rings. The molecule has 5 rings (SSSR count). The van der Waals surface area contributed by atoms with Crippen molar-refractivity contribution >= 4 is 33.7 Å². The lowest BCUT2D eigenvalue weighted by Gasteiger charge is -2.14. The Bertz CT molecular complexity index is 1210. The summed E-state index contributed by atoms with van der Waals surface area (Å²) >= 11 is 0. The Balaban J connectivity index is 1.69. The summed E-state index contributed by atoms with van der Waals surface area (Å²) in [5.74, 6) is 2.41. The molecule has 1 unspecified atom stereocenters. The fourth-order valence-corrected chi connectivity index (χ4v) is 3.41. The second-order valence-corrected chi connectivity index (χ2v) is 6.51. The quantitative estimate of drug-likeness (QED) is 0.559. The third-order valence-corrected chi connectivity index (χ3v) is 4.61. The van der Waals surface area contributed by atoms with E-state index in [-0.39, 0.29) is 11.9 Å². The van der Waals surface area contributed by atoms with Crippen LogP contribution in [0.3, 0.4) is 0 Å². The van der Waals surface area contributed by atoms with Crippen molar-refractivity contribution in [2.45, 2.75) is 12.8 Å². The first-order valence-corrected chi connectivity index (χ1v) is 8.51. The van der Waals surface area contributed by atoms with Gasteiger partial charge < -0.3 is 20.9 Å². The van der Waals surface area contributed by atoms with E-state index >= 15 is 0 Å². The van der Waals surface area contributed by atoms with Gasteiger partial charge in [0, 0.05) is 29.8 Å². The molecular formula is C19H16N6O2. The predicted molar refractivity (Wildman–Crippen MR) is 102 cm³/mol. The smallest absolute Gasteiger partial charge is 0.222 e. The lowest BCUT2D eigenvalue weighted by Crippen LogP contribution is -2.02. The first-order valence-electron chi connectivity index (χ1n) is 8.51. The Labute approximate surface area is 154 Å². The van der Waals surface area contributed by atoms with Crippen molar-refractivity contribution in [3.8, 4) is 17.2 Å². The van der Waals surface area contributed by atoms with Gasteiger partial charge in [0.05, 0.1) is 34.7 Å². The largest absolute Gasteiger partial charge is 0.492 e. The normalized spacial score (nSPS) is 15.7. The molecule has 0 saturated heterocycles. The Morgan fingerprint density at radius 3 is 2.89 bits per heavy atom. The van der Waals surface area contributed by atoms with E-state index in [9.17, 15) is 0 Å². The standard InChI is InChI=1S/C19H16N6O2/c1-9-8-26-17-15(9)14(6-13-16(17)18(20)25-19(21)24-13)27-10-5-12-11(23-7-10)3-2-4-22-12/h2-7,9H,8H2,1H3,(H4,20,21,24,25). The third kappa shape index (κ3) is 2.45. The van der Waals surface area contributed by atoms with Crippen LogP contribution in [0.5, 0.6) is 17.2 Å².